The number of aromatic nitrogens is 2. The summed E-state index contributed by atoms with van der Waals surface area (Å²) in [6, 6.07) is 9.02. The molecule has 2 aromatic rings. The summed E-state index contributed by atoms with van der Waals surface area (Å²) in [5.74, 6) is -2.68. The highest BCUT2D eigenvalue weighted by Crippen LogP contribution is 2.53. The Bertz CT molecular complexity index is 1520. The molecule has 1 saturated heterocycles. The molecule has 1 aliphatic carbocycles. The molecule has 4 heterocycles. The maximum absolute atomic E-state index is 13.6. The maximum Gasteiger partial charge on any atom is 0.373 e. The van der Waals surface area contributed by atoms with Crippen molar-refractivity contribution in [2.75, 3.05) is 7.11 Å². The van der Waals surface area contributed by atoms with Gasteiger partial charge in [-0.1, -0.05) is 38.1 Å². The summed E-state index contributed by atoms with van der Waals surface area (Å²) in [7, 11) is 1.47. The van der Waals surface area contributed by atoms with Crippen LogP contribution in [-0.4, -0.2) is 77.3 Å². The number of carbonyl (C=O) groups excluding carboxylic acids is 3. The first-order chi connectivity index (χ1) is 22.8. The topological polar surface area (TPSA) is 137 Å². The van der Waals surface area contributed by atoms with E-state index in [2.05, 4.69) is 17.1 Å². The maximum atomic E-state index is 13.6. The van der Waals surface area contributed by atoms with Crippen molar-refractivity contribution in [1.82, 2.24) is 4.98 Å². The first kappa shape index (κ1) is 35.5. The van der Waals surface area contributed by atoms with Crippen LogP contribution < -0.4 is 4.57 Å². The van der Waals surface area contributed by atoms with Gasteiger partial charge in [-0.2, -0.15) is 4.57 Å². The number of pyridine rings is 1. The van der Waals surface area contributed by atoms with Gasteiger partial charge in [0.2, 0.25) is 6.54 Å². The van der Waals surface area contributed by atoms with Crippen molar-refractivity contribution in [1.29, 1.82) is 0 Å². The van der Waals surface area contributed by atoms with Crippen LogP contribution in [0.4, 0.5) is 0 Å². The fourth-order valence-electron chi connectivity index (χ4n) is 7.39. The number of nitrogens with zero attached hydrogens (tertiary/aromatic N) is 1. The number of carbonyl (C=O) groups is 3. The summed E-state index contributed by atoms with van der Waals surface area (Å²) in [6.45, 7) is 11.1. The number of ether oxygens (including phenoxy) is 5. The van der Waals surface area contributed by atoms with Crippen LogP contribution in [0.3, 0.4) is 0 Å². The van der Waals surface area contributed by atoms with Crippen LogP contribution in [0.25, 0.3) is 0 Å². The van der Waals surface area contributed by atoms with Gasteiger partial charge in [-0.05, 0) is 51.3 Å². The van der Waals surface area contributed by atoms with E-state index >= 15 is 0 Å². The summed E-state index contributed by atoms with van der Waals surface area (Å²) >= 11 is 0. The van der Waals surface area contributed by atoms with E-state index in [-0.39, 0.29) is 30.7 Å². The number of fused-ring (bicyclic) bond motifs is 1. The van der Waals surface area contributed by atoms with E-state index in [1.807, 2.05) is 58.2 Å². The molecule has 11 heteroatoms. The van der Waals surface area contributed by atoms with Gasteiger partial charge in [-0.15, -0.1) is 0 Å². The molecule has 0 amide bonds. The number of hydrogen-bond donors (Lipinski definition) is 2. The number of H-pyrrole nitrogens is 1. The van der Waals surface area contributed by atoms with Crippen molar-refractivity contribution < 1.29 is 47.7 Å². The highest BCUT2D eigenvalue weighted by molar-refractivity contribution is 5.87. The Morgan fingerprint density at radius 3 is 2.54 bits per heavy atom. The van der Waals surface area contributed by atoms with Crippen LogP contribution in [-0.2, 0) is 39.8 Å². The number of aromatic amines is 1. The summed E-state index contributed by atoms with van der Waals surface area (Å²) in [4.78, 5) is 42.7. The number of cyclic esters (lactones) is 1. The molecule has 48 heavy (non-hydrogen) atoms. The van der Waals surface area contributed by atoms with Crippen LogP contribution in [0.1, 0.15) is 63.6 Å². The third kappa shape index (κ3) is 7.28. The number of hydrogen-bond acceptors (Lipinski definition) is 9. The molecule has 11 atom stereocenters. The van der Waals surface area contributed by atoms with Crippen LogP contribution in [0.5, 0.6) is 0 Å². The second kappa shape index (κ2) is 14.8. The lowest BCUT2D eigenvalue weighted by Crippen LogP contribution is -2.48. The van der Waals surface area contributed by atoms with E-state index in [1.165, 1.54) is 7.11 Å². The van der Waals surface area contributed by atoms with E-state index < -0.39 is 66.1 Å². The zero-order valence-electron chi connectivity index (χ0n) is 28.8. The summed E-state index contributed by atoms with van der Waals surface area (Å²) < 4.78 is 32.5. The first-order valence-corrected chi connectivity index (χ1v) is 16.8. The molecule has 2 aromatic heterocycles. The van der Waals surface area contributed by atoms with Crippen LogP contribution in [0.2, 0.25) is 0 Å². The zero-order chi connectivity index (χ0) is 34.7. The molecule has 0 aromatic carbocycles. The second-order valence-corrected chi connectivity index (χ2v) is 13.6. The Labute approximate surface area is 282 Å². The first-order valence-electron chi connectivity index (χ1n) is 16.8. The molecule has 2 N–H and O–H groups in total. The molecule has 0 unspecified atom stereocenters. The number of methoxy groups -OCH3 is 1. The Balaban J connectivity index is 1.44. The van der Waals surface area contributed by atoms with Gasteiger partial charge in [-0.25, -0.2) is 14.4 Å². The van der Waals surface area contributed by atoms with Gasteiger partial charge in [0, 0.05) is 56.0 Å². The Hall–Kier alpha value is -3.80. The quantitative estimate of drug-likeness (QED) is 0.167. The van der Waals surface area contributed by atoms with Crippen molar-refractivity contribution in [3.8, 4) is 0 Å². The normalized spacial score (nSPS) is 32.1. The molecule has 0 saturated carbocycles. The molecular weight excluding hydrogens is 616 g/mol. The lowest BCUT2D eigenvalue weighted by molar-refractivity contribution is -0.692. The van der Waals surface area contributed by atoms with Crippen molar-refractivity contribution in [3.63, 3.8) is 0 Å². The van der Waals surface area contributed by atoms with Gasteiger partial charge in [0.25, 0.3) is 0 Å². The molecule has 2 aliphatic heterocycles. The zero-order valence-corrected chi connectivity index (χ0v) is 28.8. The molecule has 1 fully saturated rings. The van der Waals surface area contributed by atoms with E-state index in [9.17, 15) is 19.5 Å². The molecule has 5 rings (SSSR count). The lowest BCUT2D eigenvalue weighted by Gasteiger charge is -2.41. The largest absolute Gasteiger partial charge is 0.456 e. The van der Waals surface area contributed by atoms with Crippen molar-refractivity contribution in [2.24, 2.45) is 23.7 Å². The van der Waals surface area contributed by atoms with Gasteiger partial charge in [-0.3, -0.25) is 0 Å². The minimum Gasteiger partial charge on any atom is -0.456 e. The van der Waals surface area contributed by atoms with Gasteiger partial charge < -0.3 is 33.8 Å². The van der Waals surface area contributed by atoms with E-state index in [4.69, 9.17) is 23.7 Å². The average molecular weight is 666 g/mol. The molecule has 3 aliphatic rings. The standard InChI is InChI=1S/C37H48N2O9/c1-21-17-22(2)37-19-27(34(48-37)33(24(4)25(5)40)47-35(42)29-12-10-15-38-29)13-14-28(37)18-30(44-7)36(43)46-32(21)26(6)45-31(41)20-39-16-9-8-11-23(39)3/h8-17,21,24-28,30,32-34,40H,18-20H2,1-7H3/p+1/b22-17+/t21-,24-,25+,26-,27-,28-,30+,32+,33-,34-,37+/m1/s1. The van der Waals surface area contributed by atoms with E-state index in [0.29, 0.717) is 12.1 Å². The number of nitrogens with one attached hydrogen (secondary N) is 1. The molecule has 11 nitrogen and oxygen atoms in total. The lowest BCUT2D eigenvalue weighted by atomic mass is 9.69. The van der Waals surface area contributed by atoms with Crippen molar-refractivity contribution in [3.05, 3.63) is 77.9 Å². The predicted octanol–water partition coefficient (Wildman–Crippen LogP) is 4.03. The predicted molar refractivity (Wildman–Crippen MR) is 174 cm³/mol. The Morgan fingerprint density at radius 2 is 1.88 bits per heavy atom. The SMILES string of the molecule is CO[C@H]1C[C@H]2C=C[C@@H]3C[C@]2(O[C@H]3[C@H](OC(=O)c2ccc[nH]2)[C@H](C)[C@H](C)O)/C(C)=C/[C@@H](C)[C@@H]([C@@H](C)OC(=O)C[n+]2ccccc2C)OC1=O. The number of aryl methyl sites for hydroxylation is 1. The Kier molecular flexibility index (Phi) is 10.9. The fraction of sp³-hybridized carbons (Fsp3) is 0.568. The van der Waals surface area contributed by atoms with Gasteiger partial charge in [0.1, 0.15) is 30.1 Å². The van der Waals surface area contributed by atoms with Gasteiger partial charge >= 0.3 is 17.9 Å². The minimum absolute atomic E-state index is 0.0237. The highest BCUT2D eigenvalue weighted by atomic mass is 16.6. The molecule has 0 radical (unpaired) electrons. The van der Waals surface area contributed by atoms with Crippen LogP contribution >= 0.6 is 0 Å². The van der Waals surface area contributed by atoms with E-state index in [1.54, 1.807) is 36.7 Å². The van der Waals surface area contributed by atoms with Crippen molar-refractivity contribution >= 4 is 17.9 Å². The summed E-state index contributed by atoms with van der Waals surface area (Å²) in [6.07, 6.45) is 5.99. The minimum atomic E-state index is -0.903. The molecule has 2 bridgehead atoms. The van der Waals surface area contributed by atoms with E-state index in [0.717, 1.165) is 11.3 Å². The fourth-order valence-corrected chi connectivity index (χ4v) is 7.39. The van der Waals surface area contributed by atoms with Gasteiger partial charge in [0.05, 0.1) is 11.7 Å². The van der Waals surface area contributed by atoms with Crippen LogP contribution in [0.15, 0.2) is 66.5 Å². The molecular formula is C37H49N2O9+. The second-order valence-electron chi connectivity index (χ2n) is 13.6. The third-order valence-corrected chi connectivity index (χ3v) is 10.4. The number of aliphatic hydroxyl groups is 1. The summed E-state index contributed by atoms with van der Waals surface area (Å²) in [5, 5.41) is 10.6. The smallest absolute Gasteiger partial charge is 0.373 e. The van der Waals surface area contributed by atoms with Crippen molar-refractivity contribution in [2.45, 2.75) is 103 Å². The van der Waals surface area contributed by atoms with Gasteiger partial charge in [0.15, 0.2) is 18.0 Å². The molecule has 260 valence electrons. The summed E-state index contributed by atoms with van der Waals surface area (Å²) in [5.41, 5.74) is 1.32. The highest BCUT2D eigenvalue weighted by Gasteiger charge is 2.57. The Morgan fingerprint density at radius 1 is 1.10 bits per heavy atom. The van der Waals surface area contributed by atoms with Crippen LogP contribution in [0, 0.1) is 30.6 Å². The monoisotopic (exact) mass is 665 g/mol. The number of esters is 3. The molecule has 1 spiro atoms. The number of rotatable bonds is 10. The number of aliphatic hydroxyl groups excluding tert-OH is 1. The third-order valence-electron chi connectivity index (χ3n) is 10.4. The average Bonchev–Trinajstić information content (AvgIpc) is 3.70.